The Labute approximate surface area is 207 Å². The Morgan fingerprint density at radius 1 is 1.06 bits per heavy atom. The maximum Gasteiger partial charge on any atom is 0.338 e. The van der Waals surface area contributed by atoms with Gasteiger partial charge in [0.15, 0.2) is 0 Å². The summed E-state index contributed by atoms with van der Waals surface area (Å²) in [7, 11) is 1.46. The average Bonchev–Trinajstić information content (AvgIpc) is 3.20. The first-order chi connectivity index (χ1) is 17.0. The van der Waals surface area contributed by atoms with Gasteiger partial charge in [-0.1, -0.05) is 26.0 Å². The molecular formula is C28H27F2NO5. The minimum Gasteiger partial charge on any atom is -0.496 e. The molecule has 1 amide bonds. The van der Waals surface area contributed by atoms with Crippen molar-refractivity contribution in [2.75, 3.05) is 12.4 Å². The fourth-order valence-corrected chi connectivity index (χ4v) is 4.66. The van der Waals surface area contributed by atoms with Crippen LogP contribution in [0.15, 0.2) is 60.7 Å². The van der Waals surface area contributed by atoms with E-state index >= 15 is 0 Å². The summed E-state index contributed by atoms with van der Waals surface area (Å²) in [5, 5.41) is 14.5. The number of methoxy groups -OCH3 is 1. The van der Waals surface area contributed by atoms with E-state index in [4.69, 9.17) is 9.47 Å². The van der Waals surface area contributed by atoms with E-state index < -0.39 is 34.5 Å². The lowest BCUT2D eigenvalue weighted by Crippen LogP contribution is -2.49. The number of carbonyl (C=O) groups is 2. The number of anilines is 1. The lowest BCUT2D eigenvalue weighted by atomic mass is 9.72. The number of hydrogen-bond acceptors (Lipinski definition) is 5. The Bertz CT molecular complexity index is 1310. The highest BCUT2D eigenvalue weighted by atomic mass is 19.1. The van der Waals surface area contributed by atoms with Crippen LogP contribution in [-0.4, -0.2) is 29.7 Å². The first kappa shape index (κ1) is 25.3. The highest BCUT2D eigenvalue weighted by molar-refractivity contribution is 5.99. The molecular weight excluding hydrogens is 468 g/mol. The molecule has 1 heterocycles. The Hall–Kier alpha value is -3.78. The van der Waals surface area contributed by atoms with E-state index in [0.29, 0.717) is 33.7 Å². The van der Waals surface area contributed by atoms with Gasteiger partial charge >= 0.3 is 5.97 Å². The quantitative estimate of drug-likeness (QED) is 0.433. The van der Waals surface area contributed by atoms with Crippen molar-refractivity contribution in [3.05, 3.63) is 94.6 Å². The lowest BCUT2D eigenvalue weighted by molar-refractivity contribution is -0.136. The van der Waals surface area contributed by atoms with Crippen LogP contribution in [0.1, 0.15) is 47.3 Å². The van der Waals surface area contributed by atoms with E-state index in [9.17, 15) is 23.5 Å². The molecule has 3 aromatic carbocycles. The van der Waals surface area contributed by atoms with Gasteiger partial charge in [-0.2, -0.15) is 0 Å². The number of carbonyl (C=O) groups excluding carboxylic acids is 2. The van der Waals surface area contributed by atoms with Gasteiger partial charge in [-0.05, 0) is 65.9 Å². The van der Waals surface area contributed by atoms with Crippen LogP contribution in [-0.2, 0) is 28.0 Å². The van der Waals surface area contributed by atoms with Gasteiger partial charge in [-0.15, -0.1) is 0 Å². The number of cyclic esters (lactones) is 1. The zero-order chi connectivity index (χ0) is 26.1. The molecule has 1 atom stereocenters. The molecule has 6 nitrogen and oxygen atoms in total. The number of fused-ring (bicyclic) bond motifs is 1. The van der Waals surface area contributed by atoms with E-state index in [0.717, 1.165) is 0 Å². The number of aliphatic hydroxyl groups is 1. The van der Waals surface area contributed by atoms with Crippen molar-refractivity contribution in [2.45, 2.75) is 44.3 Å². The molecule has 0 radical (unpaired) electrons. The van der Waals surface area contributed by atoms with Crippen molar-refractivity contribution in [3.8, 4) is 5.75 Å². The SMILES string of the molecule is COc1ccc(F)cc1C(C)(C)CC(O)(Cc1ccc(F)cc1)C(=O)Nc1ccc2c(c1)COC2=O. The number of esters is 1. The minimum absolute atomic E-state index is 0.101. The van der Waals surface area contributed by atoms with Crippen LogP contribution in [0.5, 0.6) is 5.75 Å². The van der Waals surface area contributed by atoms with Gasteiger partial charge in [0.2, 0.25) is 0 Å². The van der Waals surface area contributed by atoms with Gasteiger partial charge in [0, 0.05) is 23.2 Å². The first-order valence-corrected chi connectivity index (χ1v) is 11.4. The van der Waals surface area contributed by atoms with Crippen LogP contribution in [0, 0.1) is 11.6 Å². The van der Waals surface area contributed by atoms with E-state index in [2.05, 4.69) is 5.32 Å². The van der Waals surface area contributed by atoms with Crippen molar-refractivity contribution in [1.29, 1.82) is 0 Å². The molecule has 188 valence electrons. The highest BCUT2D eigenvalue weighted by Crippen LogP contribution is 2.39. The molecule has 2 N–H and O–H groups in total. The molecule has 0 saturated heterocycles. The lowest BCUT2D eigenvalue weighted by Gasteiger charge is -2.36. The average molecular weight is 496 g/mol. The smallest absolute Gasteiger partial charge is 0.338 e. The van der Waals surface area contributed by atoms with E-state index in [1.807, 2.05) is 0 Å². The third-order valence-corrected chi connectivity index (χ3v) is 6.40. The van der Waals surface area contributed by atoms with Crippen LogP contribution >= 0.6 is 0 Å². The Morgan fingerprint density at radius 2 is 1.75 bits per heavy atom. The summed E-state index contributed by atoms with van der Waals surface area (Å²) in [5.41, 5.74) is -0.399. The monoisotopic (exact) mass is 495 g/mol. The van der Waals surface area contributed by atoms with Crippen molar-refractivity contribution in [1.82, 2.24) is 0 Å². The van der Waals surface area contributed by atoms with Crippen LogP contribution in [0.4, 0.5) is 14.5 Å². The van der Waals surface area contributed by atoms with Crippen LogP contribution in [0.3, 0.4) is 0 Å². The summed E-state index contributed by atoms with van der Waals surface area (Å²) in [5.74, 6) is -1.61. The van der Waals surface area contributed by atoms with Crippen LogP contribution in [0.25, 0.3) is 0 Å². The summed E-state index contributed by atoms with van der Waals surface area (Å²) in [6.45, 7) is 3.67. The van der Waals surface area contributed by atoms with Crippen LogP contribution in [0.2, 0.25) is 0 Å². The molecule has 0 fully saturated rings. The molecule has 36 heavy (non-hydrogen) atoms. The zero-order valence-corrected chi connectivity index (χ0v) is 20.2. The topological polar surface area (TPSA) is 84.9 Å². The first-order valence-electron chi connectivity index (χ1n) is 11.4. The van der Waals surface area contributed by atoms with Crippen molar-refractivity contribution in [3.63, 3.8) is 0 Å². The number of benzene rings is 3. The molecule has 4 rings (SSSR count). The number of hydrogen-bond donors (Lipinski definition) is 2. The van der Waals surface area contributed by atoms with Gasteiger partial charge in [0.25, 0.3) is 5.91 Å². The summed E-state index contributed by atoms with van der Waals surface area (Å²) in [4.78, 5) is 25.3. The van der Waals surface area contributed by atoms with Gasteiger partial charge in [-0.3, -0.25) is 4.79 Å². The van der Waals surface area contributed by atoms with Crippen molar-refractivity contribution in [2.24, 2.45) is 0 Å². The molecule has 0 bridgehead atoms. The second-order valence-electron chi connectivity index (χ2n) is 9.64. The number of ether oxygens (including phenoxy) is 2. The largest absolute Gasteiger partial charge is 0.496 e. The third kappa shape index (κ3) is 5.23. The summed E-state index contributed by atoms with van der Waals surface area (Å²) in [6.07, 6.45) is -0.220. The zero-order valence-electron chi connectivity index (χ0n) is 20.2. The molecule has 8 heteroatoms. The Kier molecular flexibility index (Phi) is 6.82. The molecule has 1 aliphatic heterocycles. The molecule has 0 spiro atoms. The normalized spacial score (nSPS) is 14.6. The summed E-state index contributed by atoms with van der Waals surface area (Å²) < 4.78 is 38.1. The maximum atomic E-state index is 14.1. The maximum absolute atomic E-state index is 14.1. The molecule has 1 aliphatic rings. The number of rotatable bonds is 8. The van der Waals surface area contributed by atoms with E-state index in [1.165, 1.54) is 49.6 Å². The third-order valence-electron chi connectivity index (χ3n) is 6.40. The summed E-state index contributed by atoms with van der Waals surface area (Å²) >= 11 is 0. The number of halogens is 2. The predicted octanol–water partition coefficient (Wildman–Crippen LogP) is 4.92. The van der Waals surface area contributed by atoms with Gasteiger partial charge in [0.05, 0.1) is 12.7 Å². The predicted molar refractivity (Wildman–Crippen MR) is 130 cm³/mol. The number of nitrogens with one attached hydrogen (secondary N) is 1. The summed E-state index contributed by atoms with van der Waals surface area (Å²) in [6, 6.07) is 14.4. The molecule has 1 unspecified atom stereocenters. The van der Waals surface area contributed by atoms with Crippen molar-refractivity contribution >= 4 is 17.6 Å². The Morgan fingerprint density at radius 3 is 2.44 bits per heavy atom. The Balaban J connectivity index is 1.68. The molecule has 0 aromatic heterocycles. The van der Waals surface area contributed by atoms with Gasteiger partial charge in [-0.25, -0.2) is 13.6 Å². The second kappa shape index (κ2) is 9.70. The minimum atomic E-state index is -1.97. The molecule has 0 saturated carbocycles. The standard InChI is InChI=1S/C28H27F2NO5/c1-27(2,23-13-20(30)8-11-24(23)35-3)16-28(34,14-17-4-6-19(29)7-5-17)26(33)31-21-9-10-22-18(12-21)15-36-25(22)32/h4-13,34H,14-16H2,1-3H3,(H,31,33). The second-order valence-corrected chi connectivity index (χ2v) is 9.64. The number of amides is 1. The molecule has 3 aromatic rings. The van der Waals surface area contributed by atoms with Gasteiger partial charge < -0.3 is 19.9 Å². The van der Waals surface area contributed by atoms with Crippen LogP contribution < -0.4 is 10.1 Å². The molecule has 0 aliphatic carbocycles. The fraction of sp³-hybridized carbons (Fsp3) is 0.286. The highest BCUT2D eigenvalue weighted by Gasteiger charge is 2.43. The van der Waals surface area contributed by atoms with E-state index in [-0.39, 0.29) is 19.4 Å². The van der Waals surface area contributed by atoms with E-state index in [1.54, 1.807) is 32.0 Å². The fourth-order valence-electron chi connectivity index (χ4n) is 4.66. The van der Waals surface area contributed by atoms with Crippen molar-refractivity contribution < 1.29 is 33.0 Å². The van der Waals surface area contributed by atoms with Gasteiger partial charge in [0.1, 0.15) is 29.6 Å².